The minimum Gasteiger partial charge on any atom is -0.508 e. The normalized spacial score (nSPS) is 11.3. The predicted octanol–water partition coefficient (Wildman–Crippen LogP) is 5.93. The van der Waals surface area contributed by atoms with Gasteiger partial charge in [0, 0.05) is 0 Å². The van der Waals surface area contributed by atoms with E-state index >= 15 is 0 Å². The molecule has 0 amide bonds. The number of hydrogen-bond acceptors (Lipinski definition) is 6. The Balaban J connectivity index is 1.66. The Labute approximate surface area is 138 Å². The molecule has 3 rings (SSSR count). The largest absolute Gasteiger partial charge is 0.508 e. The van der Waals surface area contributed by atoms with Gasteiger partial charge in [0.25, 0.3) is 0 Å². The van der Waals surface area contributed by atoms with Crippen molar-refractivity contribution in [2.45, 2.75) is 0 Å². The number of rotatable bonds is 4. The molecule has 118 valence electrons. The van der Waals surface area contributed by atoms with Crippen molar-refractivity contribution in [1.82, 2.24) is 0 Å². The first kappa shape index (κ1) is 15.4. The van der Waals surface area contributed by atoms with E-state index in [9.17, 15) is 10.2 Å². The number of nitrogens with zero attached hydrogens (tertiary/aromatic N) is 4. The summed E-state index contributed by atoms with van der Waals surface area (Å²) in [6.45, 7) is 0. The molecule has 2 N–H and O–H groups in total. The van der Waals surface area contributed by atoms with E-state index in [0.29, 0.717) is 22.7 Å². The van der Waals surface area contributed by atoms with Crippen molar-refractivity contribution < 1.29 is 10.2 Å². The number of phenolic OH excluding ortho intramolecular Hbond substituents is 2. The van der Waals surface area contributed by atoms with Crippen molar-refractivity contribution in [1.29, 1.82) is 0 Å². The van der Waals surface area contributed by atoms with Crippen molar-refractivity contribution in [2.24, 2.45) is 20.5 Å². The Bertz CT molecular complexity index is 781. The van der Waals surface area contributed by atoms with Crippen LogP contribution in [0.15, 0.2) is 93.3 Å². The van der Waals surface area contributed by atoms with E-state index in [1.165, 1.54) is 0 Å². The van der Waals surface area contributed by atoms with Gasteiger partial charge in [-0.2, -0.15) is 20.5 Å². The minimum atomic E-state index is 0.192. The lowest BCUT2D eigenvalue weighted by atomic mass is 10.3. The van der Waals surface area contributed by atoms with E-state index in [0.717, 1.165) is 0 Å². The van der Waals surface area contributed by atoms with E-state index in [-0.39, 0.29) is 11.5 Å². The fraction of sp³-hybridized carbons (Fsp3) is 0. The van der Waals surface area contributed by atoms with Crippen molar-refractivity contribution in [2.75, 3.05) is 0 Å². The molecule has 0 heterocycles. The molecule has 3 aromatic rings. The maximum Gasteiger partial charge on any atom is 0.115 e. The molecular formula is C18H14N4O2. The molecular weight excluding hydrogens is 304 g/mol. The highest BCUT2D eigenvalue weighted by Crippen LogP contribution is 2.24. The van der Waals surface area contributed by atoms with Crippen LogP contribution in [0.4, 0.5) is 22.7 Å². The van der Waals surface area contributed by atoms with Gasteiger partial charge in [0.15, 0.2) is 0 Å². The third-order valence-electron chi connectivity index (χ3n) is 3.11. The van der Waals surface area contributed by atoms with Crippen LogP contribution in [0.25, 0.3) is 0 Å². The average molecular weight is 318 g/mol. The lowest BCUT2D eigenvalue weighted by Crippen LogP contribution is -1.67. The van der Waals surface area contributed by atoms with E-state index in [1.54, 1.807) is 72.8 Å². The highest BCUT2D eigenvalue weighted by molar-refractivity contribution is 5.48. The molecule has 0 saturated carbocycles. The zero-order chi connectivity index (χ0) is 16.8. The monoisotopic (exact) mass is 318 g/mol. The maximum atomic E-state index is 9.21. The van der Waals surface area contributed by atoms with Crippen LogP contribution < -0.4 is 0 Å². The van der Waals surface area contributed by atoms with Crippen molar-refractivity contribution >= 4 is 22.7 Å². The van der Waals surface area contributed by atoms with E-state index < -0.39 is 0 Å². The number of phenols is 2. The van der Waals surface area contributed by atoms with Gasteiger partial charge < -0.3 is 10.2 Å². The second-order valence-corrected chi connectivity index (χ2v) is 4.95. The zero-order valence-corrected chi connectivity index (χ0v) is 12.6. The SMILES string of the molecule is Oc1ccc(/N=N/c2ccc(/N=N/c3ccc(O)cc3)cc2)cc1. The zero-order valence-electron chi connectivity index (χ0n) is 12.6. The first-order valence-electron chi connectivity index (χ1n) is 7.21. The summed E-state index contributed by atoms with van der Waals surface area (Å²) in [6.07, 6.45) is 0. The Morgan fingerprint density at radius 2 is 0.583 bits per heavy atom. The van der Waals surface area contributed by atoms with Gasteiger partial charge in [-0.3, -0.25) is 0 Å². The first-order chi connectivity index (χ1) is 11.7. The molecule has 0 aliphatic heterocycles. The molecule has 0 aliphatic rings. The van der Waals surface area contributed by atoms with Crippen LogP contribution in [0.5, 0.6) is 11.5 Å². The number of hydrogen-bond donors (Lipinski definition) is 2. The molecule has 0 radical (unpaired) electrons. The van der Waals surface area contributed by atoms with Crippen LogP contribution in [0.1, 0.15) is 0 Å². The summed E-state index contributed by atoms with van der Waals surface area (Å²) >= 11 is 0. The molecule has 0 aliphatic carbocycles. The third kappa shape index (κ3) is 4.23. The second-order valence-electron chi connectivity index (χ2n) is 4.95. The molecule has 0 spiro atoms. The van der Waals surface area contributed by atoms with Crippen LogP contribution in [0.2, 0.25) is 0 Å². The van der Waals surface area contributed by atoms with Crippen molar-refractivity contribution in [3.8, 4) is 11.5 Å². The van der Waals surface area contributed by atoms with Gasteiger partial charge in [-0.25, -0.2) is 0 Å². The standard InChI is InChI=1S/C18H14N4O2/c23-17-9-5-15(6-10-17)21-19-13-1-2-14(4-3-13)20-22-16-7-11-18(24)12-8-16/h1-12,23-24H/b21-19+,22-20+. The molecule has 0 unspecified atom stereocenters. The number of benzene rings is 3. The Kier molecular flexibility index (Phi) is 4.57. The van der Waals surface area contributed by atoms with Gasteiger partial charge >= 0.3 is 0 Å². The molecule has 0 saturated heterocycles. The molecule has 3 aromatic carbocycles. The quantitative estimate of drug-likeness (QED) is 0.584. The summed E-state index contributed by atoms with van der Waals surface area (Å²) in [5.41, 5.74) is 2.69. The van der Waals surface area contributed by atoms with E-state index in [4.69, 9.17) is 0 Å². The molecule has 0 bridgehead atoms. The summed E-state index contributed by atoms with van der Waals surface area (Å²) in [5.74, 6) is 0.384. The molecule has 6 heteroatoms. The van der Waals surface area contributed by atoms with E-state index in [1.807, 2.05) is 0 Å². The third-order valence-corrected chi connectivity index (χ3v) is 3.11. The minimum absolute atomic E-state index is 0.192. The topological polar surface area (TPSA) is 89.9 Å². The van der Waals surface area contributed by atoms with Gasteiger partial charge in [-0.1, -0.05) is 0 Å². The van der Waals surface area contributed by atoms with Crippen LogP contribution in [0, 0.1) is 0 Å². The maximum absolute atomic E-state index is 9.21. The second kappa shape index (κ2) is 7.15. The smallest absolute Gasteiger partial charge is 0.115 e. The van der Waals surface area contributed by atoms with Gasteiger partial charge in [0.1, 0.15) is 11.5 Å². The molecule has 0 aromatic heterocycles. The van der Waals surface area contributed by atoms with Gasteiger partial charge in [0.2, 0.25) is 0 Å². The predicted molar refractivity (Wildman–Crippen MR) is 91.0 cm³/mol. The fourth-order valence-electron chi connectivity index (χ4n) is 1.86. The number of azo groups is 2. The van der Waals surface area contributed by atoms with E-state index in [2.05, 4.69) is 20.5 Å². The van der Waals surface area contributed by atoms with Crippen LogP contribution in [-0.2, 0) is 0 Å². The Hall–Kier alpha value is -3.54. The molecule has 24 heavy (non-hydrogen) atoms. The number of aromatic hydroxyl groups is 2. The van der Waals surface area contributed by atoms with Gasteiger partial charge in [0.05, 0.1) is 22.7 Å². The van der Waals surface area contributed by atoms with Gasteiger partial charge in [-0.15, -0.1) is 0 Å². The summed E-state index contributed by atoms with van der Waals surface area (Å²) in [5, 5.41) is 34.8. The van der Waals surface area contributed by atoms with Crippen molar-refractivity contribution in [3.63, 3.8) is 0 Å². The lowest BCUT2D eigenvalue weighted by molar-refractivity contribution is 0.475. The summed E-state index contributed by atoms with van der Waals surface area (Å²) in [6, 6.07) is 20.1. The summed E-state index contributed by atoms with van der Waals surface area (Å²) in [4.78, 5) is 0. The van der Waals surface area contributed by atoms with Crippen molar-refractivity contribution in [3.05, 3.63) is 72.8 Å². The molecule has 6 nitrogen and oxygen atoms in total. The van der Waals surface area contributed by atoms with Crippen LogP contribution in [0.3, 0.4) is 0 Å². The fourth-order valence-corrected chi connectivity index (χ4v) is 1.86. The Morgan fingerprint density at radius 1 is 0.375 bits per heavy atom. The molecule has 0 atom stereocenters. The van der Waals surface area contributed by atoms with Crippen LogP contribution >= 0.6 is 0 Å². The summed E-state index contributed by atoms with van der Waals surface area (Å²) < 4.78 is 0. The molecule has 0 fully saturated rings. The lowest BCUT2D eigenvalue weighted by Gasteiger charge is -1.96. The summed E-state index contributed by atoms with van der Waals surface area (Å²) in [7, 11) is 0. The average Bonchev–Trinajstić information content (AvgIpc) is 2.62. The Morgan fingerprint density at radius 3 is 0.833 bits per heavy atom. The highest BCUT2D eigenvalue weighted by Gasteiger charge is 1.95. The van der Waals surface area contributed by atoms with Crippen LogP contribution in [-0.4, -0.2) is 10.2 Å². The first-order valence-corrected chi connectivity index (χ1v) is 7.21. The highest BCUT2D eigenvalue weighted by atomic mass is 16.3. The van der Waals surface area contributed by atoms with Gasteiger partial charge in [-0.05, 0) is 72.8 Å².